The summed E-state index contributed by atoms with van der Waals surface area (Å²) in [5, 5.41) is 1.71. The lowest BCUT2D eigenvalue weighted by atomic mass is 9.93. The SMILES string of the molecule is CCOC(=O)CNc1c(C(=O)C(F)(F)F)cc(C(=O)C(F)(F)F)c2ccccc12. The van der Waals surface area contributed by atoms with E-state index in [9.17, 15) is 40.7 Å². The minimum Gasteiger partial charge on any atom is -0.465 e. The van der Waals surface area contributed by atoms with Gasteiger partial charge in [0.1, 0.15) is 6.54 Å². The van der Waals surface area contributed by atoms with Crippen molar-refractivity contribution in [3.8, 4) is 0 Å². The van der Waals surface area contributed by atoms with E-state index in [1.54, 1.807) is 0 Å². The van der Waals surface area contributed by atoms with E-state index in [0.29, 0.717) is 0 Å². The summed E-state index contributed by atoms with van der Waals surface area (Å²) >= 11 is 0. The van der Waals surface area contributed by atoms with Crippen LogP contribution < -0.4 is 5.32 Å². The molecule has 29 heavy (non-hydrogen) atoms. The summed E-state index contributed by atoms with van der Waals surface area (Å²) < 4.78 is 82.5. The van der Waals surface area contributed by atoms with E-state index in [2.05, 4.69) is 10.1 Å². The largest absolute Gasteiger partial charge is 0.465 e. The number of ether oxygens (including phenoxy) is 1. The molecule has 0 amide bonds. The van der Waals surface area contributed by atoms with Crippen LogP contribution in [0.15, 0.2) is 30.3 Å². The minimum absolute atomic E-state index is 0.0192. The Labute approximate surface area is 159 Å². The third kappa shape index (κ3) is 4.84. The van der Waals surface area contributed by atoms with Gasteiger partial charge in [-0.3, -0.25) is 14.4 Å². The predicted octanol–water partition coefficient (Wildman–Crippen LogP) is 4.30. The van der Waals surface area contributed by atoms with E-state index in [1.807, 2.05) is 0 Å². The Morgan fingerprint density at radius 1 is 0.897 bits per heavy atom. The number of hydrogen-bond donors (Lipinski definition) is 1. The minimum atomic E-state index is -5.43. The summed E-state index contributed by atoms with van der Waals surface area (Å²) in [7, 11) is 0. The van der Waals surface area contributed by atoms with Gasteiger partial charge < -0.3 is 10.1 Å². The van der Waals surface area contributed by atoms with E-state index in [-0.39, 0.29) is 23.4 Å². The molecule has 0 bridgehead atoms. The normalized spacial score (nSPS) is 12.0. The van der Waals surface area contributed by atoms with Crippen molar-refractivity contribution in [1.82, 2.24) is 0 Å². The molecule has 0 aliphatic rings. The summed E-state index contributed by atoms with van der Waals surface area (Å²) in [5.74, 6) is -5.73. The van der Waals surface area contributed by atoms with Crippen LogP contribution in [0.1, 0.15) is 27.6 Å². The number of alkyl halides is 6. The number of halogens is 6. The van der Waals surface area contributed by atoms with Crippen LogP contribution in [0.25, 0.3) is 10.8 Å². The van der Waals surface area contributed by atoms with Crippen LogP contribution >= 0.6 is 0 Å². The number of carbonyl (C=O) groups excluding carboxylic acids is 3. The second kappa shape index (κ2) is 8.10. The van der Waals surface area contributed by atoms with Gasteiger partial charge in [-0.1, -0.05) is 24.3 Å². The van der Waals surface area contributed by atoms with Crippen LogP contribution in [0.2, 0.25) is 0 Å². The predicted molar refractivity (Wildman–Crippen MR) is 89.8 cm³/mol. The molecular formula is C18H13F6NO4. The molecule has 0 aromatic heterocycles. The Kier molecular flexibility index (Phi) is 6.19. The number of anilines is 1. The average Bonchev–Trinajstić information content (AvgIpc) is 2.63. The Hall–Kier alpha value is -3.11. The summed E-state index contributed by atoms with van der Waals surface area (Å²) in [5.41, 5.74) is -2.86. The van der Waals surface area contributed by atoms with Gasteiger partial charge in [0, 0.05) is 10.9 Å². The van der Waals surface area contributed by atoms with Gasteiger partial charge in [-0.05, 0) is 18.4 Å². The molecule has 5 nitrogen and oxygen atoms in total. The van der Waals surface area contributed by atoms with Gasteiger partial charge in [0.2, 0.25) is 0 Å². The average molecular weight is 421 g/mol. The van der Waals surface area contributed by atoms with Crippen molar-refractivity contribution in [1.29, 1.82) is 0 Å². The molecule has 0 heterocycles. The number of fused-ring (bicyclic) bond motifs is 1. The number of carbonyl (C=O) groups is 3. The van der Waals surface area contributed by atoms with Crippen LogP contribution in [0.5, 0.6) is 0 Å². The second-order valence-electron chi connectivity index (χ2n) is 5.70. The van der Waals surface area contributed by atoms with E-state index in [0.717, 1.165) is 12.1 Å². The molecule has 1 N–H and O–H groups in total. The van der Waals surface area contributed by atoms with Crippen molar-refractivity contribution >= 4 is 34.0 Å². The fourth-order valence-corrected chi connectivity index (χ4v) is 2.61. The zero-order valence-electron chi connectivity index (χ0n) is 14.7. The summed E-state index contributed by atoms with van der Waals surface area (Å²) in [6.45, 7) is 0.820. The maximum absolute atomic E-state index is 13.0. The third-order valence-corrected chi connectivity index (χ3v) is 3.76. The molecular weight excluding hydrogens is 408 g/mol. The van der Waals surface area contributed by atoms with Crippen LogP contribution in [0.4, 0.5) is 32.0 Å². The van der Waals surface area contributed by atoms with Crippen molar-refractivity contribution in [2.45, 2.75) is 19.3 Å². The number of esters is 1. The molecule has 2 rings (SSSR count). The Morgan fingerprint density at radius 2 is 1.41 bits per heavy atom. The van der Waals surface area contributed by atoms with Gasteiger partial charge in [0.05, 0.1) is 17.9 Å². The number of nitrogens with one attached hydrogen (secondary N) is 1. The summed E-state index contributed by atoms with van der Waals surface area (Å²) in [6.07, 6.45) is -10.8. The third-order valence-electron chi connectivity index (χ3n) is 3.76. The number of hydrogen-bond acceptors (Lipinski definition) is 5. The number of Topliss-reactive ketones (excluding diaryl/α,β-unsaturated/α-hetero) is 2. The summed E-state index contributed by atoms with van der Waals surface area (Å²) in [4.78, 5) is 35.1. The molecule has 0 saturated carbocycles. The molecule has 2 aromatic carbocycles. The van der Waals surface area contributed by atoms with Gasteiger partial charge in [-0.2, -0.15) is 26.3 Å². The zero-order valence-corrected chi connectivity index (χ0v) is 14.7. The Balaban J connectivity index is 2.77. The molecule has 2 aromatic rings. The fourth-order valence-electron chi connectivity index (χ4n) is 2.61. The zero-order chi connectivity index (χ0) is 22.0. The maximum atomic E-state index is 13.0. The van der Waals surface area contributed by atoms with Gasteiger partial charge >= 0.3 is 18.3 Å². The molecule has 156 valence electrons. The highest BCUT2D eigenvalue weighted by molar-refractivity contribution is 6.19. The molecule has 0 atom stereocenters. The van der Waals surface area contributed by atoms with E-state index in [4.69, 9.17) is 0 Å². The lowest BCUT2D eigenvalue weighted by Gasteiger charge is -2.18. The maximum Gasteiger partial charge on any atom is 0.454 e. The van der Waals surface area contributed by atoms with Crippen molar-refractivity contribution in [3.05, 3.63) is 41.5 Å². The van der Waals surface area contributed by atoms with E-state index in [1.165, 1.54) is 19.1 Å². The van der Waals surface area contributed by atoms with Gasteiger partial charge in [-0.15, -0.1) is 0 Å². The first-order valence-corrected chi connectivity index (χ1v) is 8.06. The van der Waals surface area contributed by atoms with Crippen LogP contribution in [0, 0.1) is 0 Å². The molecule has 0 aliphatic carbocycles. The molecule has 0 radical (unpaired) electrons. The van der Waals surface area contributed by atoms with Gasteiger partial charge in [0.25, 0.3) is 11.6 Å². The standard InChI is InChI=1S/C18H13F6NO4/c1-2-29-13(26)8-25-14-10-6-4-3-5-9(10)11(15(27)17(19,20)21)7-12(14)16(28)18(22,23)24/h3-7,25H,2,8H2,1H3. The molecule has 0 unspecified atom stereocenters. The van der Waals surface area contributed by atoms with Crippen molar-refractivity contribution in [2.75, 3.05) is 18.5 Å². The summed E-state index contributed by atoms with van der Waals surface area (Å²) in [6, 6.07) is 5.02. The first-order chi connectivity index (χ1) is 13.4. The second-order valence-corrected chi connectivity index (χ2v) is 5.70. The van der Waals surface area contributed by atoms with Crippen LogP contribution in [0.3, 0.4) is 0 Å². The van der Waals surface area contributed by atoms with Gasteiger partial charge in [-0.25, -0.2) is 0 Å². The number of ketones is 2. The lowest BCUT2D eigenvalue weighted by molar-refractivity contribution is -0.140. The first-order valence-electron chi connectivity index (χ1n) is 8.06. The Morgan fingerprint density at radius 3 is 1.93 bits per heavy atom. The van der Waals surface area contributed by atoms with Crippen LogP contribution in [-0.4, -0.2) is 43.0 Å². The molecule has 0 spiro atoms. The molecule has 0 saturated heterocycles. The molecule has 0 aliphatic heterocycles. The highest BCUT2D eigenvalue weighted by atomic mass is 19.4. The monoisotopic (exact) mass is 421 g/mol. The van der Waals surface area contributed by atoms with Crippen molar-refractivity contribution < 1.29 is 45.5 Å². The first kappa shape index (κ1) is 22.2. The smallest absolute Gasteiger partial charge is 0.454 e. The topological polar surface area (TPSA) is 72.5 Å². The molecule has 0 fully saturated rings. The fraction of sp³-hybridized carbons (Fsp3) is 0.278. The van der Waals surface area contributed by atoms with Crippen molar-refractivity contribution in [3.63, 3.8) is 0 Å². The highest BCUT2D eigenvalue weighted by Gasteiger charge is 2.44. The lowest BCUT2D eigenvalue weighted by Crippen LogP contribution is -2.27. The Bertz CT molecular complexity index is 965. The van der Waals surface area contributed by atoms with Crippen molar-refractivity contribution in [2.24, 2.45) is 0 Å². The van der Waals surface area contributed by atoms with Crippen LogP contribution in [-0.2, 0) is 9.53 Å². The molecule has 11 heteroatoms. The number of rotatable bonds is 6. The number of benzene rings is 2. The van der Waals surface area contributed by atoms with E-state index >= 15 is 0 Å². The quantitative estimate of drug-likeness (QED) is 0.428. The van der Waals surface area contributed by atoms with Gasteiger partial charge in [0.15, 0.2) is 0 Å². The highest BCUT2D eigenvalue weighted by Crippen LogP contribution is 2.36. The van der Waals surface area contributed by atoms with E-state index < -0.39 is 53.2 Å².